The quantitative estimate of drug-likeness (QED) is 0.628. The maximum absolute atomic E-state index is 12.4. The first-order valence-electron chi connectivity index (χ1n) is 9.22. The topological polar surface area (TPSA) is 29.6 Å². The molecule has 4 saturated carbocycles. The van der Waals surface area contributed by atoms with Gasteiger partial charge < -0.3 is 4.74 Å². The Balaban J connectivity index is 1.53. The molecule has 1 heterocycles. The second kappa shape index (κ2) is 3.75. The monoisotopic (exact) mass is 288 g/mol. The van der Waals surface area contributed by atoms with E-state index in [0.29, 0.717) is 23.2 Å². The zero-order valence-corrected chi connectivity index (χ0v) is 13.5. The highest BCUT2D eigenvalue weighted by Gasteiger charge is 2.73. The lowest BCUT2D eigenvalue weighted by atomic mass is 9.45. The van der Waals surface area contributed by atoms with Crippen molar-refractivity contribution in [3.63, 3.8) is 0 Å². The molecule has 1 spiro atoms. The lowest BCUT2D eigenvalue weighted by molar-refractivity contribution is -0.138. The number of ketones is 1. The fraction of sp³-hybridized carbons (Fsp3) is 0.947. The first-order valence-corrected chi connectivity index (χ1v) is 9.22. The molecule has 0 N–H and O–H groups in total. The van der Waals surface area contributed by atoms with E-state index in [9.17, 15) is 4.79 Å². The first-order chi connectivity index (χ1) is 10.0. The summed E-state index contributed by atoms with van der Waals surface area (Å²) in [6.45, 7) is 4.83. The van der Waals surface area contributed by atoms with Crippen molar-refractivity contribution in [3.8, 4) is 0 Å². The Morgan fingerprint density at radius 1 is 1.00 bits per heavy atom. The first kappa shape index (κ1) is 13.1. The van der Waals surface area contributed by atoms with Gasteiger partial charge in [0, 0.05) is 17.3 Å². The normalized spacial score (nSPS) is 61.5. The van der Waals surface area contributed by atoms with E-state index in [4.69, 9.17) is 4.74 Å². The van der Waals surface area contributed by atoms with Crippen molar-refractivity contribution in [3.05, 3.63) is 0 Å². The van der Waals surface area contributed by atoms with Crippen LogP contribution in [0.25, 0.3) is 0 Å². The van der Waals surface area contributed by atoms with E-state index in [-0.39, 0.29) is 11.0 Å². The second-order valence-corrected chi connectivity index (χ2v) is 9.14. The Hall–Kier alpha value is -0.370. The van der Waals surface area contributed by atoms with Crippen molar-refractivity contribution in [2.45, 2.75) is 83.3 Å². The molecule has 5 rings (SSSR count). The minimum atomic E-state index is 0.0283. The Kier molecular flexibility index (Phi) is 2.34. The predicted molar refractivity (Wildman–Crippen MR) is 80.8 cm³/mol. The van der Waals surface area contributed by atoms with Crippen LogP contribution in [-0.4, -0.2) is 17.5 Å². The van der Waals surface area contributed by atoms with E-state index in [1.54, 1.807) is 0 Å². The van der Waals surface area contributed by atoms with Crippen LogP contribution in [0.2, 0.25) is 0 Å². The molecule has 0 radical (unpaired) electrons. The third-order valence-corrected chi connectivity index (χ3v) is 8.76. The van der Waals surface area contributed by atoms with Crippen molar-refractivity contribution in [1.29, 1.82) is 0 Å². The summed E-state index contributed by atoms with van der Waals surface area (Å²) in [5.74, 6) is 2.87. The van der Waals surface area contributed by atoms with Crippen molar-refractivity contribution in [1.82, 2.24) is 0 Å². The van der Waals surface area contributed by atoms with Crippen molar-refractivity contribution < 1.29 is 9.53 Å². The molecule has 0 bridgehead atoms. The summed E-state index contributed by atoms with van der Waals surface area (Å²) in [6, 6.07) is 0. The third kappa shape index (κ3) is 1.33. The fourth-order valence-electron chi connectivity index (χ4n) is 7.52. The number of carbonyl (C=O) groups excluding carboxylic acids is 1. The van der Waals surface area contributed by atoms with Gasteiger partial charge in [-0.3, -0.25) is 4.79 Å². The third-order valence-electron chi connectivity index (χ3n) is 8.76. The van der Waals surface area contributed by atoms with Gasteiger partial charge in [0.05, 0.1) is 6.10 Å². The number of ether oxygens (including phenoxy) is 1. The molecule has 2 nitrogen and oxygen atoms in total. The summed E-state index contributed by atoms with van der Waals surface area (Å²) in [5.41, 5.74) is 0.690. The minimum absolute atomic E-state index is 0.0283. The highest BCUT2D eigenvalue weighted by molar-refractivity contribution is 5.87. The zero-order valence-electron chi connectivity index (χ0n) is 13.5. The van der Waals surface area contributed by atoms with Gasteiger partial charge in [-0.2, -0.15) is 0 Å². The molecule has 5 fully saturated rings. The van der Waals surface area contributed by atoms with Crippen molar-refractivity contribution in [2.24, 2.45) is 28.6 Å². The molecule has 1 aliphatic heterocycles. The number of carbonyl (C=O) groups is 1. The minimum Gasteiger partial charge on any atom is -0.365 e. The number of hydrogen-bond acceptors (Lipinski definition) is 2. The summed E-state index contributed by atoms with van der Waals surface area (Å²) in [5, 5.41) is 0. The van der Waals surface area contributed by atoms with Gasteiger partial charge in [0.15, 0.2) is 0 Å². The average Bonchev–Trinajstić information content (AvgIpc) is 3.11. The summed E-state index contributed by atoms with van der Waals surface area (Å²) >= 11 is 0. The molecule has 3 unspecified atom stereocenters. The van der Waals surface area contributed by atoms with Crippen LogP contribution in [0.4, 0.5) is 0 Å². The average molecular weight is 288 g/mol. The number of Topliss-reactive ketones (excluding diaryl/α,β-unsaturated/α-hetero) is 1. The standard InChI is InChI=1S/C19H28O2/c1-17-10-8-14-12(13(17)5-6-15(17)20)7-11-19-16(21-19)4-3-9-18(14,19)2/h12-14,16H,3-11H2,1-2H3/t12?,13?,14?,16-,17+,18-,19-/m1/s1. The molecule has 7 atom stereocenters. The van der Waals surface area contributed by atoms with Gasteiger partial charge in [-0.05, 0) is 62.7 Å². The van der Waals surface area contributed by atoms with Crippen molar-refractivity contribution >= 4 is 5.78 Å². The summed E-state index contributed by atoms with van der Waals surface area (Å²) in [4.78, 5) is 12.4. The van der Waals surface area contributed by atoms with E-state index in [1.807, 2.05) is 0 Å². The Morgan fingerprint density at radius 2 is 1.86 bits per heavy atom. The SMILES string of the molecule is C[C@]12CCC3C(CC[C@@]45O[C@@H]4CCC[C@]35C)C1CCC2=O. The zero-order chi connectivity index (χ0) is 14.5. The van der Waals surface area contributed by atoms with E-state index in [1.165, 1.54) is 44.9 Å². The number of hydrogen-bond donors (Lipinski definition) is 0. The Bertz CT molecular complexity index is 514. The van der Waals surface area contributed by atoms with E-state index >= 15 is 0 Å². The molecular weight excluding hydrogens is 260 g/mol. The number of epoxide rings is 1. The van der Waals surface area contributed by atoms with Gasteiger partial charge in [-0.1, -0.05) is 20.3 Å². The molecule has 21 heavy (non-hydrogen) atoms. The molecule has 0 aromatic heterocycles. The van der Waals surface area contributed by atoms with Gasteiger partial charge in [0.1, 0.15) is 11.4 Å². The van der Waals surface area contributed by atoms with Gasteiger partial charge in [-0.25, -0.2) is 0 Å². The van der Waals surface area contributed by atoms with E-state index in [0.717, 1.165) is 24.7 Å². The van der Waals surface area contributed by atoms with Crippen LogP contribution >= 0.6 is 0 Å². The van der Waals surface area contributed by atoms with Gasteiger partial charge in [-0.15, -0.1) is 0 Å². The van der Waals surface area contributed by atoms with Crippen LogP contribution < -0.4 is 0 Å². The second-order valence-electron chi connectivity index (χ2n) is 9.14. The summed E-state index contributed by atoms with van der Waals surface area (Å²) < 4.78 is 6.31. The molecule has 0 aromatic carbocycles. The van der Waals surface area contributed by atoms with Gasteiger partial charge in [0.2, 0.25) is 0 Å². The molecule has 1 saturated heterocycles. The Morgan fingerprint density at radius 3 is 2.71 bits per heavy atom. The predicted octanol–water partition coefficient (Wildman–Crippen LogP) is 4.12. The van der Waals surface area contributed by atoms with Crippen LogP contribution in [0.1, 0.15) is 71.6 Å². The summed E-state index contributed by atoms with van der Waals surface area (Å²) in [6.07, 6.45) is 11.6. The van der Waals surface area contributed by atoms with E-state index in [2.05, 4.69) is 13.8 Å². The smallest absolute Gasteiger partial charge is 0.139 e. The summed E-state index contributed by atoms with van der Waals surface area (Å²) in [7, 11) is 0. The highest BCUT2D eigenvalue weighted by Crippen LogP contribution is 2.72. The van der Waals surface area contributed by atoms with Crippen LogP contribution in [0.5, 0.6) is 0 Å². The lowest BCUT2D eigenvalue weighted by Gasteiger charge is -2.58. The van der Waals surface area contributed by atoms with Crippen molar-refractivity contribution in [2.75, 3.05) is 0 Å². The van der Waals surface area contributed by atoms with E-state index < -0.39 is 0 Å². The fourth-order valence-corrected chi connectivity index (χ4v) is 7.52. The van der Waals surface area contributed by atoms with Gasteiger partial charge >= 0.3 is 0 Å². The Labute approximate surface area is 128 Å². The van der Waals surface area contributed by atoms with Crippen LogP contribution in [0.3, 0.4) is 0 Å². The molecule has 116 valence electrons. The number of fused-ring (bicyclic) bond motifs is 4. The molecule has 2 heteroatoms. The molecule has 0 amide bonds. The lowest BCUT2D eigenvalue weighted by Crippen LogP contribution is -2.57. The molecule has 0 aromatic rings. The largest absolute Gasteiger partial charge is 0.365 e. The molecule has 4 aliphatic carbocycles. The number of rotatable bonds is 0. The van der Waals surface area contributed by atoms with Crippen LogP contribution in [-0.2, 0) is 9.53 Å². The molecule has 5 aliphatic rings. The highest BCUT2D eigenvalue weighted by atomic mass is 16.6. The van der Waals surface area contributed by atoms with Gasteiger partial charge in [0.25, 0.3) is 0 Å². The maximum Gasteiger partial charge on any atom is 0.139 e. The van der Waals surface area contributed by atoms with Crippen LogP contribution in [0.15, 0.2) is 0 Å². The van der Waals surface area contributed by atoms with Crippen LogP contribution in [0, 0.1) is 28.6 Å². The molecular formula is C19H28O2. The maximum atomic E-state index is 12.4.